The van der Waals surface area contributed by atoms with Crippen molar-refractivity contribution in [3.8, 4) is 0 Å². The summed E-state index contributed by atoms with van der Waals surface area (Å²) in [5.74, 6) is 0.925. The third-order valence-electron chi connectivity index (χ3n) is 2.33. The third kappa shape index (κ3) is 3.89. The van der Waals surface area contributed by atoms with Crippen LogP contribution in [0.2, 0.25) is 10.0 Å². The zero-order valence-corrected chi connectivity index (χ0v) is 12.4. The molecule has 0 aliphatic heterocycles. The van der Waals surface area contributed by atoms with E-state index in [1.165, 1.54) is 12.5 Å². The van der Waals surface area contributed by atoms with Gasteiger partial charge in [-0.3, -0.25) is 4.21 Å². The predicted molar refractivity (Wildman–Crippen MR) is 79.5 cm³/mol. The summed E-state index contributed by atoms with van der Waals surface area (Å²) in [5.41, 5.74) is 1.60. The Morgan fingerprint density at radius 3 is 2.79 bits per heavy atom. The molecule has 0 amide bonds. The van der Waals surface area contributed by atoms with E-state index < -0.39 is 10.8 Å². The van der Waals surface area contributed by atoms with Crippen molar-refractivity contribution in [3.63, 3.8) is 0 Å². The molecular formula is C12H11Cl2N3OS. The molecule has 19 heavy (non-hydrogen) atoms. The van der Waals surface area contributed by atoms with Crippen molar-refractivity contribution in [1.82, 2.24) is 9.97 Å². The van der Waals surface area contributed by atoms with Crippen LogP contribution in [0, 0.1) is 0 Å². The quantitative estimate of drug-likeness (QED) is 0.939. The monoisotopic (exact) mass is 315 g/mol. The molecule has 100 valence electrons. The van der Waals surface area contributed by atoms with Gasteiger partial charge in [-0.15, -0.1) is 0 Å². The summed E-state index contributed by atoms with van der Waals surface area (Å²) in [4.78, 5) is 7.85. The van der Waals surface area contributed by atoms with E-state index in [-0.39, 0.29) is 0 Å². The van der Waals surface area contributed by atoms with Crippen LogP contribution in [0.1, 0.15) is 5.56 Å². The predicted octanol–water partition coefficient (Wildman–Crippen LogP) is 3.41. The van der Waals surface area contributed by atoms with Crippen molar-refractivity contribution in [2.75, 3.05) is 11.6 Å². The second-order valence-electron chi connectivity index (χ2n) is 3.87. The molecule has 1 N–H and O–H groups in total. The van der Waals surface area contributed by atoms with Crippen LogP contribution in [-0.2, 0) is 16.6 Å². The molecule has 2 aromatic rings. The maximum Gasteiger partial charge on any atom is 0.152 e. The van der Waals surface area contributed by atoms with Gasteiger partial charge in [0.25, 0.3) is 0 Å². The van der Waals surface area contributed by atoms with Gasteiger partial charge in [-0.1, -0.05) is 23.2 Å². The second kappa shape index (κ2) is 6.32. The van der Waals surface area contributed by atoms with Gasteiger partial charge in [-0.2, -0.15) is 0 Å². The normalized spacial score (nSPS) is 12.2. The summed E-state index contributed by atoms with van der Waals surface area (Å²) in [7, 11) is -0.950. The van der Waals surface area contributed by atoms with E-state index in [0.717, 1.165) is 11.3 Å². The first-order chi connectivity index (χ1) is 9.06. The zero-order chi connectivity index (χ0) is 13.8. The topological polar surface area (TPSA) is 54.9 Å². The minimum atomic E-state index is -0.950. The Morgan fingerprint density at radius 2 is 2.11 bits per heavy atom. The summed E-state index contributed by atoms with van der Waals surface area (Å²) in [6.07, 6.45) is 4.55. The van der Waals surface area contributed by atoms with Crippen LogP contribution in [0.3, 0.4) is 0 Å². The summed E-state index contributed by atoms with van der Waals surface area (Å²) in [6, 6.07) is 5.40. The Bertz CT molecular complexity index is 622. The number of hydrogen-bond acceptors (Lipinski definition) is 4. The van der Waals surface area contributed by atoms with Crippen molar-refractivity contribution in [2.45, 2.75) is 5.75 Å². The SMILES string of the molecule is CS(=O)Cc1cc(Nc2ncncc2Cl)ccc1Cl. The van der Waals surface area contributed by atoms with Crippen LogP contribution in [-0.4, -0.2) is 20.4 Å². The molecule has 7 heteroatoms. The Kier molecular flexibility index (Phi) is 4.74. The zero-order valence-electron chi connectivity index (χ0n) is 10.1. The third-order valence-corrected chi connectivity index (χ3v) is 3.70. The number of nitrogens with one attached hydrogen (secondary N) is 1. The smallest absolute Gasteiger partial charge is 0.152 e. The van der Waals surface area contributed by atoms with Crippen molar-refractivity contribution < 1.29 is 4.21 Å². The number of hydrogen-bond donors (Lipinski definition) is 1. The van der Waals surface area contributed by atoms with Gasteiger partial charge in [0, 0.05) is 33.5 Å². The van der Waals surface area contributed by atoms with Gasteiger partial charge in [0.05, 0.1) is 6.20 Å². The lowest BCUT2D eigenvalue weighted by molar-refractivity contribution is 0.686. The fourth-order valence-corrected chi connectivity index (χ4v) is 2.62. The fraction of sp³-hybridized carbons (Fsp3) is 0.167. The standard InChI is InChI=1S/C12H11Cl2N3OS/c1-19(18)6-8-4-9(2-3-10(8)13)17-12-11(14)5-15-7-16-12/h2-5,7H,6H2,1H3,(H,15,16,17). The first-order valence-electron chi connectivity index (χ1n) is 5.37. The summed E-state index contributed by atoms with van der Waals surface area (Å²) in [6.45, 7) is 0. The van der Waals surface area contributed by atoms with E-state index >= 15 is 0 Å². The first kappa shape index (κ1) is 14.2. The van der Waals surface area contributed by atoms with E-state index in [0.29, 0.717) is 21.6 Å². The molecule has 1 aromatic carbocycles. The lowest BCUT2D eigenvalue weighted by Gasteiger charge is -2.09. The first-order valence-corrected chi connectivity index (χ1v) is 7.85. The minimum Gasteiger partial charge on any atom is -0.339 e. The van der Waals surface area contributed by atoms with Crippen LogP contribution >= 0.6 is 23.2 Å². The molecule has 0 spiro atoms. The molecule has 1 atom stereocenters. The Labute approximate surface area is 123 Å². The number of benzene rings is 1. The van der Waals surface area contributed by atoms with E-state index in [4.69, 9.17) is 23.2 Å². The fourth-order valence-electron chi connectivity index (χ4n) is 1.52. The molecule has 0 radical (unpaired) electrons. The molecule has 0 aliphatic rings. The van der Waals surface area contributed by atoms with Gasteiger partial charge in [0.2, 0.25) is 0 Å². The Balaban J connectivity index is 2.26. The van der Waals surface area contributed by atoms with E-state index in [1.54, 1.807) is 12.3 Å². The van der Waals surface area contributed by atoms with Gasteiger partial charge in [-0.05, 0) is 23.8 Å². The highest BCUT2D eigenvalue weighted by Crippen LogP contribution is 2.26. The van der Waals surface area contributed by atoms with Gasteiger partial charge >= 0.3 is 0 Å². The molecule has 0 saturated carbocycles. The number of aromatic nitrogens is 2. The molecule has 2 rings (SSSR count). The molecule has 0 bridgehead atoms. The molecule has 1 aromatic heterocycles. The molecule has 4 nitrogen and oxygen atoms in total. The van der Waals surface area contributed by atoms with Crippen LogP contribution in [0.5, 0.6) is 0 Å². The number of rotatable bonds is 4. The van der Waals surface area contributed by atoms with Crippen LogP contribution < -0.4 is 5.32 Å². The minimum absolute atomic E-state index is 0.409. The molecular weight excluding hydrogens is 305 g/mol. The van der Waals surface area contributed by atoms with Crippen molar-refractivity contribution in [2.24, 2.45) is 0 Å². The number of nitrogens with zero attached hydrogens (tertiary/aromatic N) is 2. The molecule has 1 heterocycles. The maximum absolute atomic E-state index is 11.3. The molecule has 1 unspecified atom stereocenters. The maximum atomic E-state index is 11.3. The lowest BCUT2D eigenvalue weighted by atomic mass is 10.2. The lowest BCUT2D eigenvalue weighted by Crippen LogP contribution is -1.98. The van der Waals surface area contributed by atoms with E-state index in [1.807, 2.05) is 12.1 Å². The van der Waals surface area contributed by atoms with Gasteiger partial charge in [-0.25, -0.2) is 9.97 Å². The van der Waals surface area contributed by atoms with Crippen molar-refractivity contribution >= 4 is 45.5 Å². The average Bonchev–Trinajstić information content (AvgIpc) is 2.35. The molecule has 0 saturated heterocycles. The number of anilines is 2. The Morgan fingerprint density at radius 1 is 1.32 bits per heavy atom. The van der Waals surface area contributed by atoms with Gasteiger partial charge in [0.1, 0.15) is 11.3 Å². The van der Waals surface area contributed by atoms with Crippen LogP contribution in [0.4, 0.5) is 11.5 Å². The van der Waals surface area contributed by atoms with E-state index in [9.17, 15) is 4.21 Å². The highest BCUT2D eigenvalue weighted by molar-refractivity contribution is 7.83. The van der Waals surface area contributed by atoms with Crippen LogP contribution in [0.25, 0.3) is 0 Å². The second-order valence-corrected chi connectivity index (χ2v) is 6.12. The van der Waals surface area contributed by atoms with E-state index in [2.05, 4.69) is 15.3 Å². The molecule has 0 fully saturated rings. The summed E-state index contributed by atoms with van der Waals surface area (Å²) >= 11 is 12.0. The van der Waals surface area contributed by atoms with Crippen molar-refractivity contribution in [1.29, 1.82) is 0 Å². The van der Waals surface area contributed by atoms with Crippen LogP contribution in [0.15, 0.2) is 30.7 Å². The van der Waals surface area contributed by atoms with Gasteiger partial charge < -0.3 is 5.32 Å². The summed E-state index contributed by atoms with van der Waals surface area (Å²) in [5, 5.41) is 4.09. The average molecular weight is 316 g/mol. The highest BCUT2D eigenvalue weighted by Gasteiger charge is 2.06. The van der Waals surface area contributed by atoms with Crippen molar-refractivity contribution in [3.05, 3.63) is 46.3 Å². The molecule has 0 aliphatic carbocycles. The van der Waals surface area contributed by atoms with Gasteiger partial charge in [0.15, 0.2) is 5.82 Å². The number of halogens is 2. The Hall–Kier alpha value is -1.17. The largest absolute Gasteiger partial charge is 0.339 e. The highest BCUT2D eigenvalue weighted by atomic mass is 35.5. The summed E-state index contributed by atoms with van der Waals surface area (Å²) < 4.78 is 11.3.